The summed E-state index contributed by atoms with van der Waals surface area (Å²) in [5, 5.41) is 0. The molecule has 0 saturated heterocycles. The van der Waals surface area contributed by atoms with Gasteiger partial charge in [-0.3, -0.25) is 4.79 Å². The van der Waals surface area contributed by atoms with Crippen LogP contribution in [0.25, 0.3) is 0 Å². The van der Waals surface area contributed by atoms with E-state index in [1.165, 1.54) is 19.3 Å². The third kappa shape index (κ3) is 3.40. The number of hydroxylamine groups is 1. The lowest BCUT2D eigenvalue weighted by Crippen LogP contribution is -2.51. The van der Waals surface area contributed by atoms with Crippen molar-refractivity contribution in [3.05, 3.63) is 0 Å². The van der Waals surface area contributed by atoms with E-state index in [0.717, 1.165) is 19.3 Å². The van der Waals surface area contributed by atoms with Crippen LogP contribution in [0.15, 0.2) is 0 Å². The third-order valence-electron chi connectivity index (χ3n) is 5.34. The van der Waals surface area contributed by atoms with E-state index in [0.29, 0.717) is 17.8 Å². The molecule has 126 valence electrons. The maximum Gasteiger partial charge on any atom is 0.538 e. The summed E-state index contributed by atoms with van der Waals surface area (Å²) >= 11 is 0. The zero-order chi connectivity index (χ0) is 16.0. The van der Waals surface area contributed by atoms with Crippen LogP contribution in [0, 0.1) is 23.2 Å². The zero-order valence-corrected chi connectivity index (χ0v) is 12.6. The predicted molar refractivity (Wildman–Crippen MR) is 71.3 cm³/mol. The van der Waals surface area contributed by atoms with Crippen molar-refractivity contribution in [1.82, 2.24) is 5.48 Å². The Hall–Kier alpha value is -0.820. The summed E-state index contributed by atoms with van der Waals surface area (Å²) < 4.78 is 41.0. The smallest absolute Gasteiger partial charge is 0.461 e. The molecular formula is C15H22F3NO3. The summed E-state index contributed by atoms with van der Waals surface area (Å²) in [4.78, 5) is 16.0. The molecule has 0 aromatic carbocycles. The first kappa shape index (κ1) is 16.1. The molecule has 4 aliphatic carbocycles. The monoisotopic (exact) mass is 321 g/mol. The van der Waals surface area contributed by atoms with Gasteiger partial charge in [0.15, 0.2) is 0 Å². The van der Waals surface area contributed by atoms with Gasteiger partial charge in [0.25, 0.3) is 0 Å². The van der Waals surface area contributed by atoms with Gasteiger partial charge >= 0.3 is 12.3 Å². The van der Waals surface area contributed by atoms with Crippen LogP contribution in [0.4, 0.5) is 13.2 Å². The van der Waals surface area contributed by atoms with Crippen molar-refractivity contribution in [1.29, 1.82) is 0 Å². The molecule has 0 aromatic heterocycles. The van der Waals surface area contributed by atoms with Gasteiger partial charge < -0.3 is 4.74 Å². The third-order valence-corrected chi connectivity index (χ3v) is 5.34. The van der Waals surface area contributed by atoms with E-state index in [-0.39, 0.29) is 17.9 Å². The molecule has 4 nitrogen and oxygen atoms in total. The highest BCUT2D eigenvalue weighted by molar-refractivity contribution is 5.77. The van der Waals surface area contributed by atoms with Crippen LogP contribution in [0.5, 0.6) is 0 Å². The van der Waals surface area contributed by atoms with E-state index in [9.17, 15) is 18.0 Å². The van der Waals surface area contributed by atoms with Crippen LogP contribution in [-0.4, -0.2) is 25.0 Å². The Morgan fingerprint density at radius 1 is 1.18 bits per heavy atom. The molecule has 0 radical (unpaired) electrons. The van der Waals surface area contributed by atoms with Crippen LogP contribution >= 0.6 is 0 Å². The van der Waals surface area contributed by atoms with Gasteiger partial charge in [-0.25, -0.2) is 4.84 Å². The molecule has 22 heavy (non-hydrogen) atoms. The Morgan fingerprint density at radius 2 is 1.68 bits per heavy atom. The quantitative estimate of drug-likeness (QED) is 0.624. The van der Waals surface area contributed by atoms with Crippen molar-refractivity contribution in [3.8, 4) is 0 Å². The van der Waals surface area contributed by atoms with E-state index in [4.69, 9.17) is 4.74 Å². The van der Waals surface area contributed by atoms with Gasteiger partial charge in [0, 0.05) is 0 Å². The van der Waals surface area contributed by atoms with E-state index in [1.54, 1.807) is 12.4 Å². The lowest BCUT2D eigenvalue weighted by molar-refractivity contribution is -0.351. The van der Waals surface area contributed by atoms with Crippen molar-refractivity contribution >= 4 is 5.97 Å². The normalized spacial score (nSPS) is 38.1. The molecule has 1 unspecified atom stereocenters. The molecule has 0 spiro atoms. The number of hydrogen-bond acceptors (Lipinski definition) is 4. The number of alkyl halides is 3. The topological polar surface area (TPSA) is 47.6 Å². The minimum absolute atomic E-state index is 0.183. The Bertz CT molecular complexity index is 403. The fraction of sp³-hybridized carbons (Fsp3) is 0.933. The molecule has 4 bridgehead atoms. The number of esters is 1. The zero-order valence-electron chi connectivity index (χ0n) is 12.6. The maximum absolute atomic E-state index is 12.6. The average molecular weight is 321 g/mol. The molecule has 4 saturated carbocycles. The van der Waals surface area contributed by atoms with Gasteiger partial charge in [0.1, 0.15) is 6.10 Å². The first-order valence-electron chi connectivity index (χ1n) is 7.94. The minimum atomic E-state index is -4.73. The highest BCUT2D eigenvalue weighted by atomic mass is 19.4. The molecule has 4 rings (SSSR count). The Kier molecular flexibility index (Phi) is 4.14. The Morgan fingerprint density at radius 3 is 2.14 bits per heavy atom. The largest absolute Gasteiger partial charge is 0.538 e. The molecule has 1 N–H and O–H groups in total. The first-order valence-corrected chi connectivity index (χ1v) is 7.94. The number of ether oxygens (including phenoxy) is 1. The highest BCUT2D eigenvalue weighted by Gasteiger charge is 2.55. The lowest BCUT2D eigenvalue weighted by Gasteiger charge is -2.55. The van der Waals surface area contributed by atoms with E-state index < -0.39 is 12.5 Å². The second kappa shape index (κ2) is 5.67. The van der Waals surface area contributed by atoms with Gasteiger partial charge in [0.2, 0.25) is 0 Å². The summed E-state index contributed by atoms with van der Waals surface area (Å²) in [6.07, 6.45) is 0.951. The van der Waals surface area contributed by atoms with Crippen molar-refractivity contribution < 1.29 is 27.5 Å². The average Bonchev–Trinajstić information content (AvgIpc) is 2.35. The van der Waals surface area contributed by atoms with Crippen LogP contribution in [0.3, 0.4) is 0 Å². The number of carbonyl (C=O) groups is 1. The van der Waals surface area contributed by atoms with Gasteiger partial charge in [-0.2, -0.15) is 5.48 Å². The number of carbonyl (C=O) groups excluding carboxylic acids is 1. The van der Waals surface area contributed by atoms with Crippen LogP contribution in [0.1, 0.15) is 45.4 Å². The number of rotatable bonds is 5. The standard InChI is InChI=1S/C15H22F3NO3/c1-9(8-19-22-15(16,17)18)21-13(20)14-5-10-2-11(6-14)4-12(3-10)7-14/h9-12,19H,2-8H2,1H3. The van der Waals surface area contributed by atoms with E-state index in [1.807, 2.05) is 0 Å². The fourth-order valence-electron chi connectivity index (χ4n) is 4.95. The summed E-state index contributed by atoms with van der Waals surface area (Å²) in [6.45, 7) is 1.39. The van der Waals surface area contributed by atoms with E-state index in [2.05, 4.69) is 4.84 Å². The van der Waals surface area contributed by atoms with Gasteiger partial charge in [-0.1, -0.05) is 0 Å². The Labute approximate surface area is 127 Å². The van der Waals surface area contributed by atoms with Crippen LogP contribution in [-0.2, 0) is 14.4 Å². The summed E-state index contributed by atoms with van der Waals surface area (Å²) in [5.41, 5.74) is 1.42. The van der Waals surface area contributed by atoms with Crippen molar-refractivity contribution in [2.45, 2.75) is 57.9 Å². The molecule has 0 amide bonds. The van der Waals surface area contributed by atoms with Crippen LogP contribution in [0.2, 0.25) is 0 Å². The SMILES string of the molecule is CC(CNOC(F)(F)F)OC(=O)C12CC3CC(CC(C3)C1)C2. The van der Waals surface area contributed by atoms with Crippen molar-refractivity contribution in [3.63, 3.8) is 0 Å². The molecule has 4 aliphatic rings. The number of halogens is 3. The predicted octanol–water partition coefficient (Wildman–Crippen LogP) is 3.18. The summed E-state index contributed by atoms with van der Waals surface area (Å²) in [6, 6.07) is 0. The Balaban J connectivity index is 1.51. The second-order valence-electron chi connectivity index (χ2n) is 7.31. The van der Waals surface area contributed by atoms with Gasteiger partial charge in [-0.05, 0) is 63.2 Å². The fourth-order valence-corrected chi connectivity index (χ4v) is 4.95. The molecular weight excluding hydrogens is 299 g/mol. The van der Waals surface area contributed by atoms with Crippen molar-refractivity contribution in [2.24, 2.45) is 23.2 Å². The molecule has 0 heterocycles. The van der Waals surface area contributed by atoms with Gasteiger partial charge in [0.05, 0.1) is 12.0 Å². The molecule has 7 heteroatoms. The molecule has 0 aromatic rings. The maximum atomic E-state index is 12.6. The second-order valence-corrected chi connectivity index (χ2v) is 7.31. The minimum Gasteiger partial charge on any atom is -0.461 e. The summed E-state index contributed by atoms with van der Waals surface area (Å²) in [7, 11) is 0. The van der Waals surface area contributed by atoms with Gasteiger partial charge in [-0.15, -0.1) is 13.2 Å². The summed E-state index contributed by atoms with van der Waals surface area (Å²) in [5.74, 6) is 1.65. The van der Waals surface area contributed by atoms with Crippen LogP contribution < -0.4 is 5.48 Å². The van der Waals surface area contributed by atoms with Crippen molar-refractivity contribution in [2.75, 3.05) is 6.54 Å². The van der Waals surface area contributed by atoms with E-state index >= 15 is 0 Å². The first-order chi connectivity index (χ1) is 10.3. The highest BCUT2D eigenvalue weighted by Crippen LogP contribution is 2.60. The molecule has 0 aliphatic heterocycles. The number of hydrogen-bond donors (Lipinski definition) is 1. The lowest BCUT2D eigenvalue weighted by atomic mass is 9.49. The number of nitrogens with one attached hydrogen (secondary N) is 1. The molecule has 4 fully saturated rings. The molecule has 1 atom stereocenters.